The molecule has 7 heteroatoms. The van der Waals surface area contributed by atoms with E-state index in [4.69, 9.17) is 0 Å². The van der Waals surface area contributed by atoms with Crippen molar-refractivity contribution in [2.45, 2.75) is 46.7 Å². The molecular weight excluding hydrogens is 439 g/mol. The van der Waals surface area contributed by atoms with Crippen LogP contribution in [0.3, 0.4) is 0 Å². The predicted molar refractivity (Wildman–Crippen MR) is 118 cm³/mol. The largest absolute Gasteiger partial charge is 0.357 e. The van der Waals surface area contributed by atoms with Crippen molar-refractivity contribution in [2.75, 3.05) is 6.54 Å². The average molecular weight is 470 g/mol. The van der Waals surface area contributed by atoms with E-state index in [9.17, 15) is 0 Å². The number of nitrogens with zero attached hydrogens (tertiary/aromatic N) is 4. The summed E-state index contributed by atoms with van der Waals surface area (Å²) in [5, 5.41) is 10.8. The second-order valence-electron chi connectivity index (χ2n) is 6.70. The van der Waals surface area contributed by atoms with Crippen molar-refractivity contribution in [3.05, 3.63) is 47.5 Å². The summed E-state index contributed by atoms with van der Waals surface area (Å²) in [6.45, 7) is 10.00. The van der Waals surface area contributed by atoms with Crippen LogP contribution in [0.25, 0.3) is 0 Å². The lowest BCUT2D eigenvalue weighted by Crippen LogP contribution is -2.38. The summed E-state index contributed by atoms with van der Waals surface area (Å²) in [5.74, 6) is 2.29. The van der Waals surface area contributed by atoms with E-state index in [1.807, 2.05) is 7.05 Å². The number of aromatic nitrogens is 3. The molecule has 0 saturated heterocycles. The molecule has 26 heavy (non-hydrogen) atoms. The molecule has 0 amide bonds. The molecule has 0 aliphatic carbocycles. The van der Waals surface area contributed by atoms with Gasteiger partial charge in [-0.1, -0.05) is 38.1 Å². The zero-order valence-corrected chi connectivity index (χ0v) is 18.7. The molecule has 6 nitrogen and oxygen atoms in total. The fourth-order valence-electron chi connectivity index (χ4n) is 2.64. The van der Waals surface area contributed by atoms with Gasteiger partial charge in [0.1, 0.15) is 18.7 Å². The molecule has 2 aromatic rings. The van der Waals surface area contributed by atoms with Gasteiger partial charge in [0, 0.05) is 13.6 Å². The standard InChI is InChI=1S/C19H30N6.HI/c1-6-20-19(21-12-18-22-13-23-25(18)5)24-15(4)17-9-7-16(8-10-17)11-14(2)3;/h7-10,13-15H,6,11-12H2,1-5H3,(H2,20,21,24);1H. The number of guanidine groups is 1. The van der Waals surface area contributed by atoms with E-state index in [0.29, 0.717) is 12.5 Å². The maximum atomic E-state index is 4.61. The minimum atomic E-state index is 0. The van der Waals surface area contributed by atoms with Crippen LogP contribution in [0.5, 0.6) is 0 Å². The molecule has 0 aliphatic rings. The SMILES string of the molecule is CCNC(=NCc1ncnn1C)NC(C)c1ccc(CC(C)C)cc1.I. The van der Waals surface area contributed by atoms with Gasteiger partial charge in [-0.2, -0.15) is 5.10 Å². The highest BCUT2D eigenvalue weighted by atomic mass is 127. The van der Waals surface area contributed by atoms with Crippen molar-refractivity contribution in [1.82, 2.24) is 25.4 Å². The first kappa shape index (κ1) is 22.4. The first-order valence-corrected chi connectivity index (χ1v) is 8.96. The van der Waals surface area contributed by atoms with E-state index in [1.165, 1.54) is 11.1 Å². The van der Waals surface area contributed by atoms with Crippen molar-refractivity contribution in [2.24, 2.45) is 18.0 Å². The van der Waals surface area contributed by atoms with Gasteiger partial charge < -0.3 is 10.6 Å². The fourth-order valence-corrected chi connectivity index (χ4v) is 2.64. The normalized spacial score (nSPS) is 12.6. The van der Waals surface area contributed by atoms with Gasteiger partial charge in [0.05, 0.1) is 6.04 Å². The van der Waals surface area contributed by atoms with Gasteiger partial charge >= 0.3 is 0 Å². The molecular formula is C19H31IN6. The number of benzene rings is 1. The van der Waals surface area contributed by atoms with Gasteiger partial charge in [0.25, 0.3) is 0 Å². The van der Waals surface area contributed by atoms with Crippen LogP contribution in [0.1, 0.15) is 50.7 Å². The van der Waals surface area contributed by atoms with Gasteiger partial charge in [-0.25, -0.2) is 9.98 Å². The summed E-state index contributed by atoms with van der Waals surface area (Å²) in [6.07, 6.45) is 2.66. The van der Waals surface area contributed by atoms with E-state index in [2.05, 4.69) is 77.7 Å². The number of rotatable bonds is 7. The van der Waals surface area contributed by atoms with E-state index in [1.54, 1.807) is 11.0 Å². The van der Waals surface area contributed by atoms with Crippen molar-refractivity contribution in [3.8, 4) is 0 Å². The molecule has 0 spiro atoms. The third-order valence-electron chi connectivity index (χ3n) is 4.00. The Hall–Kier alpha value is -1.64. The number of hydrogen-bond donors (Lipinski definition) is 2. The minimum absolute atomic E-state index is 0. The van der Waals surface area contributed by atoms with Crippen LogP contribution >= 0.6 is 24.0 Å². The van der Waals surface area contributed by atoms with Crippen molar-refractivity contribution >= 4 is 29.9 Å². The van der Waals surface area contributed by atoms with E-state index >= 15 is 0 Å². The molecule has 1 aromatic carbocycles. The molecule has 0 radical (unpaired) electrons. The van der Waals surface area contributed by atoms with Gasteiger partial charge in [0.15, 0.2) is 5.96 Å². The van der Waals surface area contributed by atoms with Crippen LogP contribution in [0, 0.1) is 5.92 Å². The summed E-state index contributed by atoms with van der Waals surface area (Å²) < 4.78 is 1.74. The number of aliphatic imine (C=N–C) groups is 1. The average Bonchev–Trinajstić information content (AvgIpc) is 2.98. The van der Waals surface area contributed by atoms with Crippen LogP contribution in [0.4, 0.5) is 0 Å². The van der Waals surface area contributed by atoms with Crippen molar-refractivity contribution < 1.29 is 0 Å². The van der Waals surface area contributed by atoms with E-state index in [0.717, 1.165) is 24.7 Å². The van der Waals surface area contributed by atoms with Crippen LogP contribution in [0.15, 0.2) is 35.6 Å². The third-order valence-corrected chi connectivity index (χ3v) is 4.00. The highest BCUT2D eigenvalue weighted by Crippen LogP contribution is 2.15. The summed E-state index contributed by atoms with van der Waals surface area (Å²) in [5.41, 5.74) is 2.63. The second-order valence-corrected chi connectivity index (χ2v) is 6.70. The lowest BCUT2D eigenvalue weighted by molar-refractivity contribution is 0.645. The first-order valence-electron chi connectivity index (χ1n) is 8.96. The minimum Gasteiger partial charge on any atom is -0.357 e. The van der Waals surface area contributed by atoms with Gasteiger partial charge in [-0.05, 0) is 37.3 Å². The van der Waals surface area contributed by atoms with E-state index in [-0.39, 0.29) is 30.0 Å². The van der Waals surface area contributed by atoms with Crippen LogP contribution in [-0.4, -0.2) is 27.3 Å². The Bertz CT molecular complexity index is 678. The third kappa shape index (κ3) is 6.93. The van der Waals surface area contributed by atoms with E-state index < -0.39 is 0 Å². The quantitative estimate of drug-likeness (QED) is 0.370. The second kappa shape index (κ2) is 11.2. The fraction of sp³-hybridized carbons (Fsp3) is 0.526. The Morgan fingerprint density at radius 3 is 2.42 bits per heavy atom. The summed E-state index contributed by atoms with van der Waals surface area (Å²) in [4.78, 5) is 8.82. The molecule has 0 fully saturated rings. The molecule has 2 rings (SSSR count). The van der Waals surface area contributed by atoms with Crippen LogP contribution in [-0.2, 0) is 20.0 Å². The zero-order valence-electron chi connectivity index (χ0n) is 16.4. The molecule has 0 saturated carbocycles. The molecule has 1 unspecified atom stereocenters. The lowest BCUT2D eigenvalue weighted by Gasteiger charge is -2.18. The van der Waals surface area contributed by atoms with Gasteiger partial charge in [0.2, 0.25) is 0 Å². The Kier molecular flexibility index (Phi) is 9.61. The smallest absolute Gasteiger partial charge is 0.192 e. The Balaban J connectivity index is 0.00000338. The Labute approximate surface area is 173 Å². The number of hydrogen-bond acceptors (Lipinski definition) is 3. The van der Waals surface area contributed by atoms with Crippen molar-refractivity contribution in [3.63, 3.8) is 0 Å². The molecule has 1 atom stereocenters. The first-order chi connectivity index (χ1) is 12.0. The summed E-state index contributed by atoms with van der Waals surface area (Å²) in [6, 6.07) is 9.00. The molecule has 1 aromatic heterocycles. The van der Waals surface area contributed by atoms with Gasteiger partial charge in [-0.15, -0.1) is 24.0 Å². The number of aryl methyl sites for hydroxylation is 1. The maximum absolute atomic E-state index is 4.61. The Morgan fingerprint density at radius 1 is 1.19 bits per heavy atom. The number of nitrogens with one attached hydrogen (secondary N) is 2. The summed E-state index contributed by atoms with van der Waals surface area (Å²) >= 11 is 0. The van der Waals surface area contributed by atoms with Crippen LogP contribution < -0.4 is 10.6 Å². The molecule has 144 valence electrons. The monoisotopic (exact) mass is 470 g/mol. The molecule has 1 heterocycles. The van der Waals surface area contributed by atoms with Gasteiger partial charge in [-0.3, -0.25) is 4.68 Å². The van der Waals surface area contributed by atoms with Crippen molar-refractivity contribution in [1.29, 1.82) is 0 Å². The predicted octanol–water partition coefficient (Wildman–Crippen LogP) is 3.45. The molecule has 2 N–H and O–H groups in total. The summed E-state index contributed by atoms with van der Waals surface area (Å²) in [7, 11) is 1.87. The lowest BCUT2D eigenvalue weighted by atomic mass is 10.00. The Morgan fingerprint density at radius 2 is 1.88 bits per heavy atom. The highest BCUT2D eigenvalue weighted by molar-refractivity contribution is 14.0. The molecule has 0 bridgehead atoms. The van der Waals surface area contributed by atoms with Crippen LogP contribution in [0.2, 0.25) is 0 Å². The zero-order chi connectivity index (χ0) is 18.2. The maximum Gasteiger partial charge on any atom is 0.192 e. The number of halogens is 1. The molecule has 0 aliphatic heterocycles. The highest BCUT2D eigenvalue weighted by Gasteiger charge is 2.09. The topological polar surface area (TPSA) is 67.1 Å².